The molecule has 2 aromatic heterocycles. The smallest absolute Gasteiger partial charge is 0.190 e. The first-order chi connectivity index (χ1) is 9.66. The zero-order valence-corrected chi connectivity index (χ0v) is 11.1. The zero-order valence-electron chi connectivity index (χ0n) is 11.1. The second-order valence-electron chi connectivity index (χ2n) is 4.62. The number of benzene rings is 1. The van der Waals surface area contributed by atoms with Crippen LogP contribution in [0.2, 0.25) is 0 Å². The number of carbonyl (C=O) groups is 1. The number of nitrogen functional groups attached to an aromatic ring is 1. The van der Waals surface area contributed by atoms with Crippen molar-refractivity contribution >= 4 is 22.5 Å². The highest BCUT2D eigenvalue weighted by Gasteiger charge is 2.16. The average molecular weight is 266 g/mol. The molecule has 20 heavy (non-hydrogen) atoms. The van der Waals surface area contributed by atoms with E-state index in [1.54, 1.807) is 18.3 Å². The van der Waals surface area contributed by atoms with Crippen molar-refractivity contribution in [2.75, 3.05) is 5.73 Å². The number of aromatic nitrogens is 3. The maximum atomic E-state index is 12.3. The molecule has 3 aromatic rings. The molecule has 0 aliphatic rings. The van der Waals surface area contributed by atoms with Gasteiger partial charge in [0.05, 0.1) is 23.1 Å². The number of anilines is 1. The number of pyridine rings is 1. The van der Waals surface area contributed by atoms with Crippen molar-refractivity contribution in [1.29, 1.82) is 0 Å². The van der Waals surface area contributed by atoms with Crippen LogP contribution in [0.15, 0.2) is 42.6 Å². The fourth-order valence-corrected chi connectivity index (χ4v) is 2.23. The van der Waals surface area contributed by atoms with Gasteiger partial charge in [0, 0.05) is 13.2 Å². The highest BCUT2D eigenvalue weighted by atomic mass is 16.1. The maximum Gasteiger partial charge on any atom is 0.190 e. The van der Waals surface area contributed by atoms with Gasteiger partial charge in [0.15, 0.2) is 5.78 Å². The molecule has 1 aromatic carbocycles. The Labute approximate surface area is 116 Å². The van der Waals surface area contributed by atoms with Crippen LogP contribution < -0.4 is 5.73 Å². The van der Waals surface area contributed by atoms with Crippen LogP contribution in [0.3, 0.4) is 0 Å². The highest BCUT2D eigenvalue weighted by molar-refractivity contribution is 6.00. The number of hydrogen-bond acceptors (Lipinski definition) is 4. The van der Waals surface area contributed by atoms with E-state index < -0.39 is 0 Å². The molecule has 2 N–H and O–H groups in total. The number of ketones is 1. The summed E-state index contributed by atoms with van der Waals surface area (Å²) in [5.74, 6) is 0.586. The standard InChI is InChI=1S/C15H14N4O/c1-19-12-7-3-2-6-11(12)18-14(19)9-13(20)15-10(16)5-4-8-17-15/h2-8H,9,16H2,1H3. The lowest BCUT2D eigenvalue weighted by atomic mass is 10.1. The third kappa shape index (κ3) is 2.03. The van der Waals surface area contributed by atoms with Crippen LogP contribution in [-0.4, -0.2) is 20.3 Å². The van der Waals surface area contributed by atoms with E-state index in [9.17, 15) is 4.79 Å². The van der Waals surface area contributed by atoms with Crippen molar-refractivity contribution in [3.8, 4) is 0 Å². The monoisotopic (exact) mass is 266 g/mol. The molecule has 0 unspecified atom stereocenters. The van der Waals surface area contributed by atoms with Crippen molar-refractivity contribution in [3.63, 3.8) is 0 Å². The van der Waals surface area contributed by atoms with E-state index in [1.807, 2.05) is 35.9 Å². The van der Waals surface area contributed by atoms with Gasteiger partial charge >= 0.3 is 0 Å². The molecule has 0 amide bonds. The van der Waals surface area contributed by atoms with Gasteiger partial charge in [-0.15, -0.1) is 0 Å². The van der Waals surface area contributed by atoms with Gasteiger partial charge in [0.25, 0.3) is 0 Å². The second kappa shape index (κ2) is 4.77. The largest absolute Gasteiger partial charge is 0.397 e. The highest BCUT2D eigenvalue weighted by Crippen LogP contribution is 2.16. The summed E-state index contributed by atoms with van der Waals surface area (Å²) in [5, 5.41) is 0. The van der Waals surface area contributed by atoms with Gasteiger partial charge in [-0.1, -0.05) is 12.1 Å². The van der Waals surface area contributed by atoms with Gasteiger partial charge < -0.3 is 10.3 Å². The van der Waals surface area contributed by atoms with E-state index >= 15 is 0 Å². The molecule has 0 spiro atoms. The first-order valence-corrected chi connectivity index (χ1v) is 6.31. The molecule has 5 heteroatoms. The van der Waals surface area contributed by atoms with Crippen LogP contribution in [0.1, 0.15) is 16.3 Å². The summed E-state index contributed by atoms with van der Waals surface area (Å²) in [6.07, 6.45) is 1.75. The van der Waals surface area contributed by atoms with E-state index in [0.717, 1.165) is 11.0 Å². The number of rotatable bonds is 3. The third-order valence-corrected chi connectivity index (χ3v) is 3.30. The fourth-order valence-electron chi connectivity index (χ4n) is 2.23. The number of imidazole rings is 1. The number of hydrogen-bond donors (Lipinski definition) is 1. The van der Waals surface area contributed by atoms with E-state index in [4.69, 9.17) is 5.73 Å². The molecule has 0 saturated heterocycles. The molecular weight excluding hydrogens is 252 g/mol. The predicted octanol–water partition coefficient (Wildman–Crippen LogP) is 1.98. The summed E-state index contributed by atoms with van der Waals surface area (Å²) in [6, 6.07) is 11.2. The Balaban J connectivity index is 1.96. The minimum Gasteiger partial charge on any atom is -0.397 e. The number of nitrogens with two attached hydrogens (primary N) is 1. The lowest BCUT2D eigenvalue weighted by Gasteiger charge is -2.04. The van der Waals surface area contributed by atoms with E-state index in [-0.39, 0.29) is 12.2 Å². The summed E-state index contributed by atoms with van der Waals surface area (Å²) in [7, 11) is 1.90. The second-order valence-corrected chi connectivity index (χ2v) is 4.62. The first-order valence-electron chi connectivity index (χ1n) is 6.31. The van der Waals surface area contributed by atoms with E-state index in [1.165, 1.54) is 0 Å². The summed E-state index contributed by atoms with van der Waals surface area (Å²) < 4.78 is 1.92. The van der Waals surface area contributed by atoms with Crippen LogP contribution in [0.5, 0.6) is 0 Å². The summed E-state index contributed by atoms with van der Waals surface area (Å²) in [4.78, 5) is 20.8. The molecule has 2 heterocycles. The molecule has 0 aliphatic carbocycles. The Morgan fingerprint density at radius 2 is 2.05 bits per heavy atom. The average Bonchev–Trinajstić information content (AvgIpc) is 2.76. The van der Waals surface area contributed by atoms with Gasteiger partial charge in [-0.2, -0.15) is 0 Å². The van der Waals surface area contributed by atoms with Crippen LogP contribution in [0.4, 0.5) is 5.69 Å². The third-order valence-electron chi connectivity index (χ3n) is 3.30. The summed E-state index contributed by atoms with van der Waals surface area (Å²) in [6.45, 7) is 0. The predicted molar refractivity (Wildman–Crippen MR) is 77.4 cm³/mol. The van der Waals surface area contributed by atoms with Crippen molar-refractivity contribution in [3.05, 3.63) is 54.1 Å². The van der Waals surface area contributed by atoms with Crippen LogP contribution >= 0.6 is 0 Å². The van der Waals surface area contributed by atoms with Gasteiger partial charge in [-0.25, -0.2) is 4.98 Å². The molecule has 0 aliphatic heterocycles. The Hall–Kier alpha value is -2.69. The van der Waals surface area contributed by atoms with E-state index in [0.29, 0.717) is 17.2 Å². The topological polar surface area (TPSA) is 73.8 Å². The number of carbonyl (C=O) groups excluding carboxylic acids is 1. The molecule has 0 atom stereocenters. The molecule has 3 rings (SSSR count). The molecule has 100 valence electrons. The molecule has 0 radical (unpaired) electrons. The van der Waals surface area contributed by atoms with Crippen LogP contribution in [0, 0.1) is 0 Å². The molecule has 0 fully saturated rings. The molecule has 0 saturated carbocycles. The maximum absolute atomic E-state index is 12.3. The van der Waals surface area contributed by atoms with Gasteiger partial charge in [-0.3, -0.25) is 9.78 Å². The number of aryl methyl sites for hydroxylation is 1. The Morgan fingerprint density at radius 3 is 2.80 bits per heavy atom. The first kappa shape index (κ1) is 12.3. The Bertz CT molecular complexity index is 791. The number of para-hydroxylation sites is 2. The molecule has 0 bridgehead atoms. The van der Waals surface area contributed by atoms with Crippen LogP contribution in [0.25, 0.3) is 11.0 Å². The quantitative estimate of drug-likeness (QED) is 0.735. The summed E-state index contributed by atoms with van der Waals surface area (Å²) >= 11 is 0. The summed E-state index contributed by atoms with van der Waals surface area (Å²) in [5.41, 5.74) is 8.37. The van der Waals surface area contributed by atoms with E-state index in [2.05, 4.69) is 9.97 Å². The Kier molecular flexibility index (Phi) is 2.95. The van der Waals surface area contributed by atoms with Crippen molar-refractivity contribution in [2.45, 2.75) is 6.42 Å². The molecule has 5 nitrogen and oxygen atoms in total. The minimum atomic E-state index is -0.124. The number of Topliss-reactive ketones (excluding diaryl/α,β-unsaturated/α-hetero) is 1. The minimum absolute atomic E-state index is 0.124. The van der Waals surface area contributed by atoms with Crippen molar-refractivity contribution < 1.29 is 4.79 Å². The lowest BCUT2D eigenvalue weighted by Crippen LogP contribution is -2.12. The number of fused-ring (bicyclic) bond motifs is 1. The lowest BCUT2D eigenvalue weighted by molar-refractivity contribution is 0.0986. The molecular formula is C15H14N4O. The van der Waals surface area contributed by atoms with Crippen molar-refractivity contribution in [1.82, 2.24) is 14.5 Å². The number of nitrogens with zero attached hydrogens (tertiary/aromatic N) is 3. The SMILES string of the molecule is Cn1c(CC(=O)c2ncccc2N)nc2ccccc21. The normalized spacial score (nSPS) is 10.8. The van der Waals surface area contributed by atoms with Crippen LogP contribution in [-0.2, 0) is 13.5 Å². The van der Waals surface area contributed by atoms with Crippen molar-refractivity contribution in [2.24, 2.45) is 7.05 Å². The van der Waals surface area contributed by atoms with Gasteiger partial charge in [-0.05, 0) is 24.3 Å². The zero-order chi connectivity index (χ0) is 14.1. The Morgan fingerprint density at radius 1 is 1.25 bits per heavy atom. The van der Waals surface area contributed by atoms with Gasteiger partial charge in [0.1, 0.15) is 11.5 Å². The van der Waals surface area contributed by atoms with Gasteiger partial charge in [0.2, 0.25) is 0 Å². The fraction of sp³-hybridized carbons (Fsp3) is 0.133.